The van der Waals surface area contributed by atoms with Crippen LogP contribution in [0.25, 0.3) is 0 Å². The van der Waals surface area contributed by atoms with Crippen molar-refractivity contribution in [3.63, 3.8) is 0 Å². The monoisotopic (exact) mass is 234 g/mol. The van der Waals surface area contributed by atoms with Gasteiger partial charge >= 0.3 is 0 Å². The summed E-state index contributed by atoms with van der Waals surface area (Å²) in [7, 11) is 2.16. The molecule has 0 aliphatic heterocycles. The Morgan fingerprint density at radius 3 is 2.41 bits per heavy atom. The quantitative estimate of drug-likeness (QED) is 0.849. The zero-order chi connectivity index (χ0) is 13.1. The lowest BCUT2D eigenvalue weighted by Gasteiger charge is -2.33. The summed E-state index contributed by atoms with van der Waals surface area (Å²) < 4.78 is 0. The highest BCUT2D eigenvalue weighted by molar-refractivity contribution is 5.25. The molecule has 0 amide bonds. The summed E-state index contributed by atoms with van der Waals surface area (Å²) in [5.41, 5.74) is 8.92. The smallest absolute Gasteiger partial charge is 0.0233 e. The van der Waals surface area contributed by atoms with Crippen LogP contribution in [-0.2, 0) is 6.54 Å². The lowest BCUT2D eigenvalue weighted by atomic mass is 9.85. The van der Waals surface area contributed by atoms with Gasteiger partial charge in [0.2, 0.25) is 0 Å². The largest absolute Gasteiger partial charge is 0.327 e. The fourth-order valence-electron chi connectivity index (χ4n) is 1.97. The van der Waals surface area contributed by atoms with Gasteiger partial charge in [-0.1, -0.05) is 38.1 Å². The molecule has 0 bridgehead atoms. The molecule has 0 radical (unpaired) electrons. The molecule has 1 aromatic rings. The van der Waals surface area contributed by atoms with Crippen LogP contribution in [0.5, 0.6) is 0 Å². The molecule has 1 atom stereocenters. The third-order valence-electron chi connectivity index (χ3n) is 3.61. The molecule has 1 aromatic carbocycles. The Hall–Kier alpha value is -0.860. The zero-order valence-corrected chi connectivity index (χ0v) is 11.8. The molecule has 0 aromatic heterocycles. The van der Waals surface area contributed by atoms with Crippen LogP contribution in [-0.4, -0.2) is 24.5 Å². The van der Waals surface area contributed by atoms with Gasteiger partial charge in [-0.25, -0.2) is 0 Å². The highest BCUT2D eigenvalue weighted by Gasteiger charge is 2.24. The normalized spacial score (nSPS) is 14.1. The van der Waals surface area contributed by atoms with Gasteiger partial charge in [0.1, 0.15) is 0 Å². The van der Waals surface area contributed by atoms with Crippen LogP contribution in [0.1, 0.15) is 31.9 Å². The summed E-state index contributed by atoms with van der Waals surface area (Å²) >= 11 is 0. The Kier molecular flexibility index (Phi) is 4.72. The molecular weight excluding hydrogens is 208 g/mol. The molecule has 0 spiro atoms. The van der Waals surface area contributed by atoms with Crippen LogP contribution in [0.4, 0.5) is 0 Å². The van der Waals surface area contributed by atoms with Crippen LogP contribution in [0.15, 0.2) is 24.3 Å². The molecule has 17 heavy (non-hydrogen) atoms. The summed E-state index contributed by atoms with van der Waals surface area (Å²) in [6.45, 7) is 10.7. The van der Waals surface area contributed by atoms with E-state index in [1.807, 2.05) is 0 Å². The number of hydrogen-bond acceptors (Lipinski definition) is 2. The van der Waals surface area contributed by atoms with Crippen LogP contribution in [0, 0.1) is 12.3 Å². The van der Waals surface area contributed by atoms with E-state index in [-0.39, 0.29) is 11.5 Å². The molecule has 1 rings (SSSR count). The van der Waals surface area contributed by atoms with Crippen LogP contribution >= 0.6 is 0 Å². The van der Waals surface area contributed by atoms with Gasteiger partial charge in [0.05, 0.1) is 0 Å². The van der Waals surface area contributed by atoms with E-state index in [1.54, 1.807) is 0 Å². The molecular formula is C15H26N2. The van der Waals surface area contributed by atoms with Crippen molar-refractivity contribution >= 4 is 0 Å². The third kappa shape index (κ3) is 4.14. The summed E-state index contributed by atoms with van der Waals surface area (Å²) in [6.07, 6.45) is 0. The first-order chi connectivity index (χ1) is 7.83. The molecule has 0 saturated heterocycles. The molecule has 2 nitrogen and oxygen atoms in total. The minimum atomic E-state index is 0.150. The van der Waals surface area contributed by atoms with E-state index in [9.17, 15) is 0 Å². The lowest BCUT2D eigenvalue weighted by Crippen LogP contribution is -2.42. The van der Waals surface area contributed by atoms with E-state index in [4.69, 9.17) is 5.73 Å². The average molecular weight is 234 g/mol. The summed E-state index contributed by atoms with van der Waals surface area (Å²) in [6, 6.07) is 8.77. The zero-order valence-electron chi connectivity index (χ0n) is 11.8. The van der Waals surface area contributed by atoms with Crippen molar-refractivity contribution in [3.8, 4) is 0 Å². The Morgan fingerprint density at radius 2 is 1.88 bits per heavy atom. The summed E-state index contributed by atoms with van der Waals surface area (Å²) in [4.78, 5) is 2.35. The van der Waals surface area contributed by atoms with E-state index in [0.29, 0.717) is 0 Å². The van der Waals surface area contributed by atoms with Crippen molar-refractivity contribution in [3.05, 3.63) is 35.4 Å². The predicted molar refractivity (Wildman–Crippen MR) is 74.9 cm³/mol. The first kappa shape index (κ1) is 14.2. The maximum absolute atomic E-state index is 6.02. The van der Waals surface area contributed by atoms with E-state index >= 15 is 0 Å². The standard InChI is InChI=1S/C15H26N2/c1-12-8-6-7-9-14(12)10-17(5)11-15(3,4)13(2)16/h6-9,13H,10-11,16H2,1-5H3. The van der Waals surface area contributed by atoms with Crippen molar-refractivity contribution < 1.29 is 0 Å². The maximum Gasteiger partial charge on any atom is 0.0233 e. The summed E-state index contributed by atoms with van der Waals surface area (Å²) in [5.74, 6) is 0. The third-order valence-corrected chi connectivity index (χ3v) is 3.61. The second kappa shape index (κ2) is 5.65. The molecule has 0 saturated carbocycles. The molecule has 0 heterocycles. The van der Waals surface area contributed by atoms with Gasteiger partial charge in [-0.05, 0) is 37.4 Å². The number of rotatable bonds is 5. The minimum absolute atomic E-state index is 0.150. The topological polar surface area (TPSA) is 29.3 Å². The van der Waals surface area contributed by atoms with Gasteiger partial charge in [0.25, 0.3) is 0 Å². The molecule has 0 aliphatic carbocycles. The molecule has 2 N–H and O–H groups in total. The maximum atomic E-state index is 6.02. The van der Waals surface area contributed by atoms with Crippen LogP contribution < -0.4 is 5.73 Å². The number of benzene rings is 1. The van der Waals surface area contributed by atoms with Crippen molar-refractivity contribution in [2.45, 2.75) is 40.3 Å². The highest BCUT2D eigenvalue weighted by atomic mass is 15.1. The Bertz CT molecular complexity index is 356. The predicted octanol–water partition coefficient (Wildman–Crippen LogP) is 2.80. The fraction of sp³-hybridized carbons (Fsp3) is 0.600. The van der Waals surface area contributed by atoms with Crippen molar-refractivity contribution in [1.82, 2.24) is 4.90 Å². The van der Waals surface area contributed by atoms with E-state index < -0.39 is 0 Å². The first-order valence-corrected chi connectivity index (χ1v) is 6.31. The van der Waals surface area contributed by atoms with E-state index in [1.165, 1.54) is 11.1 Å². The second-order valence-corrected chi connectivity index (χ2v) is 5.88. The number of hydrogen-bond donors (Lipinski definition) is 1. The van der Waals surface area contributed by atoms with Gasteiger partial charge in [0, 0.05) is 19.1 Å². The Labute approximate surface area is 106 Å². The molecule has 2 heteroatoms. The Balaban J connectivity index is 2.62. The SMILES string of the molecule is Cc1ccccc1CN(C)CC(C)(C)C(C)N. The Morgan fingerprint density at radius 1 is 1.29 bits per heavy atom. The van der Waals surface area contributed by atoms with Gasteiger partial charge < -0.3 is 10.6 Å². The number of aryl methyl sites for hydroxylation is 1. The van der Waals surface area contributed by atoms with E-state index in [2.05, 4.69) is 63.9 Å². The van der Waals surface area contributed by atoms with E-state index in [0.717, 1.165) is 13.1 Å². The van der Waals surface area contributed by atoms with Gasteiger partial charge in [0.15, 0.2) is 0 Å². The molecule has 0 aliphatic rings. The average Bonchev–Trinajstić information content (AvgIpc) is 2.20. The molecule has 0 fully saturated rings. The van der Waals surface area contributed by atoms with Crippen molar-refractivity contribution in [2.75, 3.05) is 13.6 Å². The van der Waals surface area contributed by atoms with Crippen molar-refractivity contribution in [1.29, 1.82) is 0 Å². The first-order valence-electron chi connectivity index (χ1n) is 6.31. The van der Waals surface area contributed by atoms with Gasteiger partial charge in [-0.15, -0.1) is 0 Å². The lowest BCUT2D eigenvalue weighted by molar-refractivity contribution is 0.178. The minimum Gasteiger partial charge on any atom is -0.327 e. The van der Waals surface area contributed by atoms with Crippen LogP contribution in [0.2, 0.25) is 0 Å². The molecule has 96 valence electrons. The van der Waals surface area contributed by atoms with Crippen LogP contribution in [0.3, 0.4) is 0 Å². The second-order valence-electron chi connectivity index (χ2n) is 5.88. The molecule has 1 unspecified atom stereocenters. The fourth-order valence-corrected chi connectivity index (χ4v) is 1.97. The van der Waals surface area contributed by atoms with Gasteiger partial charge in [-0.3, -0.25) is 0 Å². The highest BCUT2D eigenvalue weighted by Crippen LogP contribution is 2.21. The number of nitrogens with two attached hydrogens (primary N) is 1. The number of nitrogens with zero attached hydrogens (tertiary/aromatic N) is 1. The summed E-state index contributed by atoms with van der Waals surface area (Å²) in [5, 5.41) is 0. The van der Waals surface area contributed by atoms with Gasteiger partial charge in [-0.2, -0.15) is 0 Å². The van der Waals surface area contributed by atoms with Crippen molar-refractivity contribution in [2.24, 2.45) is 11.1 Å².